The van der Waals surface area contributed by atoms with Crippen LogP contribution in [0.3, 0.4) is 0 Å². The Bertz CT molecular complexity index is 613. The molecule has 4 heteroatoms. The molecule has 2 rings (SSSR count). The quantitative estimate of drug-likeness (QED) is 0.937. The highest BCUT2D eigenvalue weighted by Gasteiger charge is 2.18. The van der Waals surface area contributed by atoms with E-state index in [1.165, 1.54) is 22.3 Å². The average Bonchev–Trinajstić information content (AvgIpc) is 2.81. The number of nitrogens with zero attached hydrogens (tertiary/aromatic N) is 2. The van der Waals surface area contributed by atoms with Crippen LogP contribution in [0.25, 0.3) is 0 Å². The van der Waals surface area contributed by atoms with Gasteiger partial charge in [0.05, 0.1) is 0 Å². The summed E-state index contributed by atoms with van der Waals surface area (Å²) < 4.78 is 5.04. The first-order valence-electron chi connectivity index (χ1n) is 7.29. The smallest absolute Gasteiger partial charge is 0.255 e. The van der Waals surface area contributed by atoms with Gasteiger partial charge in [-0.25, -0.2) is 0 Å². The third kappa shape index (κ3) is 3.50. The Morgan fingerprint density at radius 2 is 1.76 bits per heavy atom. The summed E-state index contributed by atoms with van der Waals surface area (Å²) in [5, 5.41) is 13.4. The Kier molecular flexibility index (Phi) is 4.19. The molecule has 1 heterocycles. The van der Waals surface area contributed by atoms with Gasteiger partial charge in [0, 0.05) is 6.42 Å². The van der Waals surface area contributed by atoms with Gasteiger partial charge >= 0.3 is 0 Å². The van der Waals surface area contributed by atoms with Crippen molar-refractivity contribution in [3.8, 4) is 0 Å². The minimum absolute atomic E-state index is 0.139. The third-order valence-electron chi connectivity index (χ3n) is 3.74. The maximum absolute atomic E-state index is 9.44. The molecule has 1 atom stereocenters. The van der Waals surface area contributed by atoms with Crippen LogP contribution in [0.1, 0.15) is 67.8 Å². The molecule has 4 nitrogen and oxygen atoms in total. The van der Waals surface area contributed by atoms with Crippen LogP contribution in [0.15, 0.2) is 16.7 Å². The van der Waals surface area contributed by atoms with Gasteiger partial charge in [-0.1, -0.05) is 38.1 Å². The van der Waals surface area contributed by atoms with E-state index in [2.05, 4.69) is 56.9 Å². The Hall–Kier alpha value is -1.68. The van der Waals surface area contributed by atoms with Gasteiger partial charge in [0.25, 0.3) is 5.89 Å². The molecule has 0 saturated heterocycles. The molecule has 0 spiro atoms. The summed E-state index contributed by atoms with van der Waals surface area (Å²) >= 11 is 0. The Morgan fingerprint density at radius 3 is 2.19 bits per heavy atom. The van der Waals surface area contributed by atoms with Crippen LogP contribution in [-0.4, -0.2) is 15.2 Å². The zero-order chi connectivity index (χ0) is 15.8. The summed E-state index contributed by atoms with van der Waals surface area (Å²) in [6.45, 7) is 12.5. The van der Waals surface area contributed by atoms with Gasteiger partial charge in [-0.2, -0.15) is 4.98 Å². The van der Waals surface area contributed by atoms with Crippen LogP contribution < -0.4 is 0 Å². The number of benzene rings is 1. The number of aliphatic hydroxyl groups excluding tert-OH is 1. The molecule has 114 valence electrons. The second kappa shape index (κ2) is 5.60. The monoisotopic (exact) mass is 288 g/mol. The molecule has 1 aromatic carbocycles. The zero-order valence-electron chi connectivity index (χ0n) is 13.7. The van der Waals surface area contributed by atoms with E-state index in [0.29, 0.717) is 12.2 Å². The molecule has 0 fully saturated rings. The summed E-state index contributed by atoms with van der Waals surface area (Å²) in [5.74, 6) is 0.882. The fourth-order valence-electron chi connectivity index (χ4n) is 2.37. The molecule has 0 bridgehead atoms. The van der Waals surface area contributed by atoms with Gasteiger partial charge < -0.3 is 9.63 Å². The molecular weight excluding hydrogens is 264 g/mol. The molecule has 2 aromatic rings. The lowest BCUT2D eigenvalue weighted by Gasteiger charge is -2.22. The highest BCUT2D eigenvalue weighted by Crippen LogP contribution is 2.27. The number of aromatic nitrogens is 2. The molecular formula is C17H24N2O2. The maximum Gasteiger partial charge on any atom is 0.255 e. The van der Waals surface area contributed by atoms with Crippen LogP contribution in [0, 0.1) is 13.8 Å². The van der Waals surface area contributed by atoms with Gasteiger partial charge in [-0.3, -0.25) is 0 Å². The van der Waals surface area contributed by atoms with E-state index in [1.54, 1.807) is 6.92 Å². The lowest BCUT2D eigenvalue weighted by Crippen LogP contribution is -2.12. The second-order valence-electron chi connectivity index (χ2n) is 6.74. The zero-order valence-corrected chi connectivity index (χ0v) is 13.7. The molecule has 0 aliphatic rings. The maximum atomic E-state index is 9.44. The van der Waals surface area contributed by atoms with Crippen LogP contribution in [0.4, 0.5) is 0 Å². The van der Waals surface area contributed by atoms with Gasteiger partial charge in [-0.15, -0.1) is 0 Å². The van der Waals surface area contributed by atoms with Crippen molar-refractivity contribution in [3.63, 3.8) is 0 Å². The standard InChI is InChI=1S/C17H24N2O2/c1-10-7-13(17(4,5)6)8-11(2)14(10)9-15-18-16(12(3)20)21-19-15/h7-8,12,20H,9H2,1-6H3. The lowest BCUT2D eigenvalue weighted by molar-refractivity contribution is 0.151. The van der Waals surface area contributed by atoms with Crippen LogP contribution in [0.2, 0.25) is 0 Å². The van der Waals surface area contributed by atoms with Crippen molar-refractivity contribution in [1.29, 1.82) is 0 Å². The fraction of sp³-hybridized carbons (Fsp3) is 0.529. The van der Waals surface area contributed by atoms with Gasteiger partial charge in [0.2, 0.25) is 0 Å². The molecule has 1 N–H and O–H groups in total. The van der Waals surface area contributed by atoms with Crippen molar-refractivity contribution < 1.29 is 9.63 Å². The Labute approximate surface area is 126 Å². The normalized spacial score (nSPS) is 13.5. The van der Waals surface area contributed by atoms with Crippen molar-refractivity contribution in [3.05, 3.63) is 46.1 Å². The van der Waals surface area contributed by atoms with Crippen molar-refractivity contribution in [2.75, 3.05) is 0 Å². The fourth-order valence-corrected chi connectivity index (χ4v) is 2.37. The summed E-state index contributed by atoms with van der Waals surface area (Å²) in [4.78, 5) is 4.23. The van der Waals surface area contributed by atoms with E-state index < -0.39 is 6.10 Å². The van der Waals surface area contributed by atoms with Crippen molar-refractivity contribution in [2.24, 2.45) is 0 Å². The summed E-state index contributed by atoms with van der Waals surface area (Å²) in [6.07, 6.45) is -0.102. The van der Waals surface area contributed by atoms with E-state index in [1.807, 2.05) is 0 Å². The second-order valence-corrected chi connectivity index (χ2v) is 6.74. The van der Waals surface area contributed by atoms with Crippen molar-refractivity contribution >= 4 is 0 Å². The number of aliphatic hydroxyl groups is 1. The van der Waals surface area contributed by atoms with Gasteiger partial charge in [-0.05, 0) is 48.4 Å². The van der Waals surface area contributed by atoms with Crippen LogP contribution in [-0.2, 0) is 11.8 Å². The summed E-state index contributed by atoms with van der Waals surface area (Å²) in [6, 6.07) is 4.47. The predicted molar refractivity (Wildman–Crippen MR) is 82.4 cm³/mol. The Balaban J connectivity index is 2.32. The molecule has 0 aliphatic carbocycles. The van der Waals surface area contributed by atoms with Gasteiger partial charge in [0.1, 0.15) is 6.10 Å². The molecule has 0 amide bonds. The van der Waals surface area contributed by atoms with Crippen molar-refractivity contribution in [1.82, 2.24) is 10.1 Å². The van der Waals surface area contributed by atoms with Gasteiger partial charge in [0.15, 0.2) is 5.82 Å². The SMILES string of the molecule is Cc1cc(C(C)(C)C)cc(C)c1Cc1noc(C(C)O)n1. The number of aryl methyl sites for hydroxylation is 2. The minimum Gasteiger partial charge on any atom is -0.384 e. The highest BCUT2D eigenvalue weighted by molar-refractivity contribution is 5.41. The van der Waals surface area contributed by atoms with E-state index >= 15 is 0 Å². The highest BCUT2D eigenvalue weighted by atomic mass is 16.5. The Morgan fingerprint density at radius 1 is 1.19 bits per heavy atom. The van der Waals surface area contributed by atoms with E-state index in [-0.39, 0.29) is 11.3 Å². The number of hydrogen-bond acceptors (Lipinski definition) is 4. The van der Waals surface area contributed by atoms with E-state index in [9.17, 15) is 5.11 Å². The summed E-state index contributed by atoms with van der Waals surface area (Å²) in [5.41, 5.74) is 5.17. The molecule has 1 unspecified atom stereocenters. The molecule has 1 aromatic heterocycles. The van der Waals surface area contributed by atoms with Crippen molar-refractivity contribution in [2.45, 2.75) is 59.5 Å². The predicted octanol–water partition coefficient (Wildman–Crippen LogP) is 3.63. The first-order chi connectivity index (χ1) is 9.68. The lowest BCUT2D eigenvalue weighted by atomic mass is 9.83. The average molecular weight is 288 g/mol. The molecule has 0 saturated carbocycles. The minimum atomic E-state index is -0.725. The number of rotatable bonds is 3. The summed E-state index contributed by atoms with van der Waals surface area (Å²) in [7, 11) is 0. The van der Waals surface area contributed by atoms with Crippen LogP contribution in [0.5, 0.6) is 0 Å². The first-order valence-corrected chi connectivity index (χ1v) is 7.29. The largest absolute Gasteiger partial charge is 0.384 e. The molecule has 0 radical (unpaired) electrons. The topological polar surface area (TPSA) is 59.2 Å². The number of hydrogen-bond donors (Lipinski definition) is 1. The molecule has 0 aliphatic heterocycles. The van der Waals surface area contributed by atoms with Crippen LogP contribution >= 0.6 is 0 Å². The first kappa shape index (κ1) is 15.7. The van der Waals surface area contributed by atoms with E-state index in [0.717, 1.165) is 0 Å². The van der Waals surface area contributed by atoms with E-state index in [4.69, 9.17) is 4.52 Å². The molecule has 21 heavy (non-hydrogen) atoms. The third-order valence-corrected chi connectivity index (χ3v) is 3.74.